The van der Waals surface area contributed by atoms with Gasteiger partial charge in [-0.2, -0.15) is 4.94 Å². The van der Waals surface area contributed by atoms with Gasteiger partial charge < -0.3 is 4.90 Å². The van der Waals surface area contributed by atoms with E-state index in [0.717, 1.165) is 19.4 Å². The molecule has 0 aromatic heterocycles. The highest BCUT2D eigenvalue weighted by molar-refractivity contribution is 5.77. The SMILES string of the molecule is O=C(CC1CC1)N1CCC[C@H]1COF. The quantitative estimate of drug-likeness (QED) is 0.692. The number of rotatable bonds is 4. The Labute approximate surface area is 83.1 Å². The van der Waals surface area contributed by atoms with Gasteiger partial charge in [-0.3, -0.25) is 4.79 Å². The number of nitrogens with zero attached hydrogens (tertiary/aromatic N) is 1. The Morgan fingerprint density at radius 1 is 1.43 bits per heavy atom. The Hall–Kier alpha value is -0.640. The van der Waals surface area contributed by atoms with E-state index in [0.29, 0.717) is 12.3 Å². The molecule has 3 nitrogen and oxygen atoms in total. The Morgan fingerprint density at radius 2 is 2.21 bits per heavy atom. The highest BCUT2D eigenvalue weighted by Gasteiger charge is 2.32. The van der Waals surface area contributed by atoms with Gasteiger partial charge in [0.2, 0.25) is 5.91 Å². The van der Waals surface area contributed by atoms with Gasteiger partial charge in [-0.25, -0.2) is 0 Å². The Morgan fingerprint density at radius 3 is 2.86 bits per heavy atom. The van der Waals surface area contributed by atoms with E-state index in [1.54, 1.807) is 4.90 Å². The van der Waals surface area contributed by atoms with Crippen LogP contribution >= 0.6 is 0 Å². The Kier molecular flexibility index (Phi) is 3.01. The van der Waals surface area contributed by atoms with Crippen LogP contribution in [0.2, 0.25) is 0 Å². The third-order valence-electron chi connectivity index (χ3n) is 3.11. The van der Waals surface area contributed by atoms with Crippen LogP contribution in [-0.4, -0.2) is 30.0 Å². The zero-order valence-corrected chi connectivity index (χ0v) is 8.25. The van der Waals surface area contributed by atoms with Crippen molar-refractivity contribution >= 4 is 5.91 Å². The molecule has 4 heteroatoms. The van der Waals surface area contributed by atoms with Crippen LogP contribution < -0.4 is 0 Å². The number of hydrogen-bond acceptors (Lipinski definition) is 2. The molecule has 0 aromatic carbocycles. The number of carbonyl (C=O) groups is 1. The van der Waals surface area contributed by atoms with Crippen LogP contribution in [0.1, 0.15) is 32.1 Å². The predicted molar refractivity (Wildman–Crippen MR) is 49.1 cm³/mol. The molecule has 0 spiro atoms. The summed E-state index contributed by atoms with van der Waals surface area (Å²) in [7, 11) is 0. The average Bonchev–Trinajstić information content (AvgIpc) is 2.83. The zero-order chi connectivity index (χ0) is 9.97. The molecule has 2 rings (SSSR count). The van der Waals surface area contributed by atoms with Gasteiger partial charge in [-0.05, 0) is 36.1 Å². The molecule has 2 fully saturated rings. The maximum absolute atomic E-state index is 11.7. The molecule has 1 heterocycles. The highest BCUT2D eigenvalue weighted by atomic mass is 19.3. The van der Waals surface area contributed by atoms with Gasteiger partial charge in [-0.15, -0.1) is 0 Å². The second-order valence-corrected chi connectivity index (χ2v) is 4.31. The van der Waals surface area contributed by atoms with Gasteiger partial charge in [0.15, 0.2) is 0 Å². The summed E-state index contributed by atoms with van der Waals surface area (Å²) in [4.78, 5) is 17.2. The van der Waals surface area contributed by atoms with Crippen LogP contribution in [0.4, 0.5) is 4.53 Å². The van der Waals surface area contributed by atoms with Crippen LogP contribution in [-0.2, 0) is 9.74 Å². The summed E-state index contributed by atoms with van der Waals surface area (Å²) in [5, 5.41) is 0. The first-order valence-electron chi connectivity index (χ1n) is 5.34. The molecule has 1 atom stereocenters. The molecule has 1 amide bonds. The third-order valence-corrected chi connectivity index (χ3v) is 3.11. The lowest BCUT2D eigenvalue weighted by Crippen LogP contribution is -2.37. The molecule has 0 aromatic rings. The number of carbonyl (C=O) groups excluding carboxylic acids is 1. The van der Waals surface area contributed by atoms with Crippen molar-refractivity contribution in [2.45, 2.75) is 38.1 Å². The minimum Gasteiger partial charge on any atom is -0.337 e. The molecule has 0 radical (unpaired) electrons. The molecule has 1 saturated heterocycles. The molecule has 0 N–H and O–H groups in total. The fourth-order valence-electron chi connectivity index (χ4n) is 2.10. The molecule has 1 aliphatic heterocycles. The largest absolute Gasteiger partial charge is 0.337 e. The molecule has 14 heavy (non-hydrogen) atoms. The Balaban J connectivity index is 1.83. The number of halogens is 1. The Bertz CT molecular complexity index is 218. The normalized spacial score (nSPS) is 26.9. The molecule has 0 bridgehead atoms. The van der Waals surface area contributed by atoms with E-state index in [4.69, 9.17) is 0 Å². The number of likely N-dealkylation sites (tertiary alicyclic amines) is 1. The van der Waals surface area contributed by atoms with Crippen LogP contribution in [0, 0.1) is 5.92 Å². The van der Waals surface area contributed by atoms with E-state index in [1.165, 1.54) is 12.8 Å². The number of hydrogen-bond donors (Lipinski definition) is 0. The monoisotopic (exact) mass is 201 g/mol. The van der Waals surface area contributed by atoms with Crippen molar-refractivity contribution in [2.75, 3.05) is 13.2 Å². The summed E-state index contributed by atoms with van der Waals surface area (Å²) in [5.41, 5.74) is 0. The summed E-state index contributed by atoms with van der Waals surface area (Å²) >= 11 is 0. The standard InChI is InChI=1S/C10H16FNO2/c11-14-7-9-2-1-5-12(9)10(13)6-8-3-4-8/h8-9H,1-7H2/t9-/m0/s1. The summed E-state index contributed by atoms with van der Waals surface area (Å²) in [6.07, 6.45) is 4.88. The first kappa shape index (κ1) is 9.90. The maximum atomic E-state index is 11.7. The van der Waals surface area contributed by atoms with E-state index < -0.39 is 0 Å². The molecule has 1 saturated carbocycles. The minimum absolute atomic E-state index is 0.0220. The van der Waals surface area contributed by atoms with Crippen LogP contribution in [0.5, 0.6) is 0 Å². The van der Waals surface area contributed by atoms with Gasteiger partial charge in [0.25, 0.3) is 0 Å². The minimum atomic E-state index is -0.0220. The first-order chi connectivity index (χ1) is 6.81. The molecule has 80 valence electrons. The van der Waals surface area contributed by atoms with Gasteiger partial charge >= 0.3 is 0 Å². The molecule has 0 unspecified atom stereocenters. The topological polar surface area (TPSA) is 29.5 Å². The van der Waals surface area contributed by atoms with Crippen molar-refractivity contribution in [3.63, 3.8) is 0 Å². The van der Waals surface area contributed by atoms with E-state index in [-0.39, 0.29) is 18.6 Å². The summed E-state index contributed by atoms with van der Waals surface area (Å²) in [5.74, 6) is 0.794. The van der Waals surface area contributed by atoms with Crippen LogP contribution in [0.25, 0.3) is 0 Å². The lowest BCUT2D eigenvalue weighted by Gasteiger charge is -2.23. The fourth-order valence-corrected chi connectivity index (χ4v) is 2.10. The van der Waals surface area contributed by atoms with Crippen molar-refractivity contribution in [2.24, 2.45) is 5.92 Å². The van der Waals surface area contributed by atoms with E-state index in [1.807, 2.05) is 0 Å². The summed E-state index contributed by atoms with van der Waals surface area (Å²) in [6, 6.07) is -0.0220. The maximum Gasteiger partial charge on any atom is 0.223 e. The van der Waals surface area contributed by atoms with Crippen molar-refractivity contribution < 1.29 is 14.3 Å². The summed E-state index contributed by atoms with van der Waals surface area (Å²) in [6.45, 7) is 0.815. The van der Waals surface area contributed by atoms with Crippen LogP contribution in [0.15, 0.2) is 0 Å². The fraction of sp³-hybridized carbons (Fsp3) is 0.900. The number of amides is 1. The van der Waals surface area contributed by atoms with Crippen molar-refractivity contribution in [1.82, 2.24) is 4.90 Å². The molecule has 1 aliphatic carbocycles. The smallest absolute Gasteiger partial charge is 0.223 e. The van der Waals surface area contributed by atoms with Gasteiger partial charge in [-0.1, -0.05) is 0 Å². The summed E-state index contributed by atoms with van der Waals surface area (Å²) < 4.78 is 11.7. The molecular formula is C10H16FNO2. The molecule has 2 aliphatic rings. The van der Waals surface area contributed by atoms with E-state index in [9.17, 15) is 9.32 Å². The third kappa shape index (κ3) is 2.23. The second kappa shape index (κ2) is 4.26. The highest BCUT2D eigenvalue weighted by Crippen LogP contribution is 2.33. The van der Waals surface area contributed by atoms with Gasteiger partial charge in [0, 0.05) is 13.0 Å². The van der Waals surface area contributed by atoms with Crippen molar-refractivity contribution in [3.05, 3.63) is 0 Å². The second-order valence-electron chi connectivity index (χ2n) is 4.31. The zero-order valence-electron chi connectivity index (χ0n) is 8.25. The van der Waals surface area contributed by atoms with Gasteiger partial charge in [0.1, 0.15) is 6.61 Å². The van der Waals surface area contributed by atoms with Gasteiger partial charge in [0.05, 0.1) is 6.04 Å². The van der Waals surface area contributed by atoms with Crippen LogP contribution in [0.3, 0.4) is 0 Å². The lowest BCUT2D eigenvalue weighted by molar-refractivity contribution is -0.154. The first-order valence-corrected chi connectivity index (χ1v) is 5.34. The van der Waals surface area contributed by atoms with E-state index in [2.05, 4.69) is 4.94 Å². The van der Waals surface area contributed by atoms with Crippen molar-refractivity contribution in [1.29, 1.82) is 0 Å². The lowest BCUT2D eigenvalue weighted by atomic mass is 10.2. The van der Waals surface area contributed by atoms with E-state index >= 15 is 0 Å². The molecular weight excluding hydrogens is 185 g/mol. The van der Waals surface area contributed by atoms with Crippen molar-refractivity contribution in [3.8, 4) is 0 Å². The predicted octanol–water partition coefficient (Wildman–Crippen LogP) is 1.68. The average molecular weight is 201 g/mol.